The molecule has 2 rings (SSSR count). The molecule has 0 saturated carbocycles. The molecule has 0 spiro atoms. The van der Waals surface area contributed by atoms with E-state index in [4.69, 9.17) is 9.84 Å². The summed E-state index contributed by atoms with van der Waals surface area (Å²) in [5.74, 6) is -2.51. The number of aromatic nitrogens is 2. The van der Waals surface area contributed by atoms with Gasteiger partial charge in [-0.15, -0.1) is 0 Å². The Morgan fingerprint density at radius 1 is 1.32 bits per heavy atom. The molecule has 1 N–H and O–H groups in total. The van der Waals surface area contributed by atoms with Gasteiger partial charge in [-0.1, -0.05) is 0 Å². The Labute approximate surface area is 105 Å². The van der Waals surface area contributed by atoms with Gasteiger partial charge >= 0.3 is 12.1 Å². The van der Waals surface area contributed by atoms with Crippen molar-refractivity contribution in [2.45, 2.75) is 6.18 Å². The van der Waals surface area contributed by atoms with E-state index < -0.39 is 23.7 Å². The number of hydrogen-bond donors (Lipinski definition) is 1. The summed E-state index contributed by atoms with van der Waals surface area (Å²) in [6.07, 6.45) is -4.71. The molecule has 2 heterocycles. The van der Waals surface area contributed by atoms with Crippen molar-refractivity contribution in [1.82, 2.24) is 9.97 Å². The third-order valence-corrected chi connectivity index (χ3v) is 2.53. The third kappa shape index (κ3) is 3.11. The van der Waals surface area contributed by atoms with Gasteiger partial charge in [-0.3, -0.25) is 0 Å². The first-order valence-corrected chi connectivity index (χ1v) is 5.40. The summed E-state index contributed by atoms with van der Waals surface area (Å²) in [5, 5.41) is 8.76. The number of carbonyl (C=O) groups is 1. The van der Waals surface area contributed by atoms with Crippen LogP contribution < -0.4 is 4.90 Å². The van der Waals surface area contributed by atoms with Crippen LogP contribution in [0.5, 0.6) is 0 Å². The molecule has 1 aromatic heterocycles. The molecule has 0 radical (unpaired) electrons. The van der Waals surface area contributed by atoms with Gasteiger partial charge in [0, 0.05) is 19.2 Å². The highest BCUT2D eigenvalue weighted by Crippen LogP contribution is 2.29. The molecule has 0 aliphatic carbocycles. The van der Waals surface area contributed by atoms with E-state index in [9.17, 15) is 18.0 Å². The zero-order chi connectivity index (χ0) is 14.0. The SMILES string of the molecule is O=C(O)c1nc(N2CCOCC2)cc(C(F)(F)F)n1. The second-order valence-corrected chi connectivity index (χ2v) is 3.84. The zero-order valence-electron chi connectivity index (χ0n) is 9.65. The molecule has 104 valence electrons. The van der Waals surface area contributed by atoms with Crippen LogP contribution >= 0.6 is 0 Å². The number of alkyl halides is 3. The molecule has 1 fully saturated rings. The van der Waals surface area contributed by atoms with Crippen molar-refractivity contribution in [2.75, 3.05) is 31.2 Å². The molecule has 0 unspecified atom stereocenters. The minimum atomic E-state index is -4.71. The number of nitrogens with zero attached hydrogens (tertiary/aromatic N) is 3. The van der Waals surface area contributed by atoms with E-state index in [0.717, 1.165) is 6.07 Å². The molecule has 1 aliphatic heterocycles. The van der Waals surface area contributed by atoms with Crippen LogP contribution in [0, 0.1) is 0 Å². The molecule has 6 nitrogen and oxygen atoms in total. The standard InChI is InChI=1S/C10H10F3N3O3/c11-10(12,13)6-5-7(15-8(14-6)9(17)18)16-1-3-19-4-2-16/h5H,1-4H2,(H,17,18). The summed E-state index contributed by atoms with van der Waals surface area (Å²) in [5.41, 5.74) is -1.26. The lowest BCUT2D eigenvalue weighted by Crippen LogP contribution is -2.37. The van der Waals surface area contributed by atoms with E-state index in [0.29, 0.717) is 26.3 Å². The van der Waals surface area contributed by atoms with E-state index in [1.54, 1.807) is 0 Å². The van der Waals surface area contributed by atoms with Crippen molar-refractivity contribution in [3.05, 3.63) is 17.6 Å². The van der Waals surface area contributed by atoms with Crippen molar-refractivity contribution in [3.63, 3.8) is 0 Å². The second-order valence-electron chi connectivity index (χ2n) is 3.84. The lowest BCUT2D eigenvalue weighted by molar-refractivity contribution is -0.141. The maximum absolute atomic E-state index is 12.7. The highest BCUT2D eigenvalue weighted by molar-refractivity contribution is 5.83. The number of hydrogen-bond acceptors (Lipinski definition) is 5. The summed E-state index contributed by atoms with van der Waals surface area (Å²) in [6.45, 7) is 1.42. The van der Waals surface area contributed by atoms with Gasteiger partial charge in [-0.25, -0.2) is 14.8 Å². The zero-order valence-corrected chi connectivity index (χ0v) is 9.65. The predicted molar refractivity (Wildman–Crippen MR) is 57.0 cm³/mol. The fourth-order valence-electron chi connectivity index (χ4n) is 1.63. The van der Waals surface area contributed by atoms with Gasteiger partial charge in [-0.2, -0.15) is 13.2 Å². The van der Waals surface area contributed by atoms with E-state index in [1.807, 2.05) is 0 Å². The van der Waals surface area contributed by atoms with Crippen LogP contribution in [0.15, 0.2) is 6.07 Å². The molecule has 1 aliphatic rings. The summed E-state index contributed by atoms with van der Waals surface area (Å²) in [4.78, 5) is 18.9. The van der Waals surface area contributed by atoms with Crippen LogP contribution in [0.1, 0.15) is 16.3 Å². The lowest BCUT2D eigenvalue weighted by Gasteiger charge is -2.28. The van der Waals surface area contributed by atoms with E-state index in [1.165, 1.54) is 4.90 Å². The van der Waals surface area contributed by atoms with Crippen molar-refractivity contribution < 1.29 is 27.8 Å². The summed E-state index contributed by atoms with van der Waals surface area (Å²) >= 11 is 0. The maximum atomic E-state index is 12.7. The largest absolute Gasteiger partial charge is 0.475 e. The number of rotatable bonds is 2. The van der Waals surface area contributed by atoms with Gasteiger partial charge < -0.3 is 14.7 Å². The average molecular weight is 277 g/mol. The molecular weight excluding hydrogens is 267 g/mol. The first kappa shape index (κ1) is 13.5. The summed E-state index contributed by atoms with van der Waals surface area (Å²) in [6, 6.07) is 0.748. The lowest BCUT2D eigenvalue weighted by atomic mass is 10.3. The smallest absolute Gasteiger partial charge is 0.433 e. The normalized spacial score (nSPS) is 16.5. The Kier molecular flexibility index (Phi) is 3.56. The molecule has 0 aromatic carbocycles. The molecule has 19 heavy (non-hydrogen) atoms. The van der Waals surface area contributed by atoms with Gasteiger partial charge in [0.15, 0.2) is 5.69 Å². The van der Waals surface area contributed by atoms with Gasteiger partial charge in [0.25, 0.3) is 0 Å². The Balaban J connectivity index is 2.41. The van der Waals surface area contributed by atoms with E-state index in [2.05, 4.69) is 9.97 Å². The first-order chi connectivity index (χ1) is 8.88. The predicted octanol–water partition coefficient (Wildman–Crippen LogP) is 1.03. The van der Waals surface area contributed by atoms with Gasteiger partial charge in [0.2, 0.25) is 5.82 Å². The van der Waals surface area contributed by atoms with E-state index in [-0.39, 0.29) is 5.82 Å². The third-order valence-electron chi connectivity index (χ3n) is 2.53. The molecular formula is C10H10F3N3O3. The average Bonchev–Trinajstić information content (AvgIpc) is 2.38. The Hall–Kier alpha value is -1.90. The molecule has 1 aromatic rings. The molecule has 0 atom stereocenters. The van der Waals surface area contributed by atoms with Crippen LogP contribution in [0.2, 0.25) is 0 Å². The highest BCUT2D eigenvalue weighted by Gasteiger charge is 2.35. The van der Waals surface area contributed by atoms with Gasteiger partial charge in [0.1, 0.15) is 5.82 Å². The fourth-order valence-corrected chi connectivity index (χ4v) is 1.63. The minimum absolute atomic E-state index is 0.0528. The minimum Gasteiger partial charge on any atom is -0.475 e. The summed E-state index contributed by atoms with van der Waals surface area (Å²) in [7, 11) is 0. The van der Waals surface area contributed by atoms with Crippen LogP contribution in [0.3, 0.4) is 0 Å². The Bertz CT molecular complexity index is 487. The summed E-state index contributed by atoms with van der Waals surface area (Å²) < 4.78 is 43.0. The highest BCUT2D eigenvalue weighted by atomic mass is 19.4. The fraction of sp³-hybridized carbons (Fsp3) is 0.500. The number of carboxylic acids is 1. The molecule has 1 saturated heterocycles. The maximum Gasteiger partial charge on any atom is 0.433 e. The molecule has 0 amide bonds. The molecule has 0 bridgehead atoms. The van der Waals surface area contributed by atoms with Crippen LogP contribution in [-0.2, 0) is 10.9 Å². The van der Waals surface area contributed by atoms with E-state index >= 15 is 0 Å². The Morgan fingerprint density at radius 2 is 1.95 bits per heavy atom. The quantitative estimate of drug-likeness (QED) is 0.870. The number of anilines is 1. The van der Waals surface area contributed by atoms with Crippen LogP contribution in [-0.4, -0.2) is 47.3 Å². The second kappa shape index (κ2) is 5.00. The van der Waals surface area contributed by atoms with Gasteiger partial charge in [-0.05, 0) is 0 Å². The number of carboxylic acid groups (broad SMARTS) is 1. The van der Waals surface area contributed by atoms with Crippen LogP contribution in [0.25, 0.3) is 0 Å². The van der Waals surface area contributed by atoms with Crippen molar-refractivity contribution in [2.24, 2.45) is 0 Å². The van der Waals surface area contributed by atoms with Crippen LogP contribution in [0.4, 0.5) is 19.0 Å². The van der Waals surface area contributed by atoms with Crippen molar-refractivity contribution in [1.29, 1.82) is 0 Å². The number of aromatic carboxylic acids is 1. The van der Waals surface area contributed by atoms with Crippen molar-refractivity contribution >= 4 is 11.8 Å². The topological polar surface area (TPSA) is 75.5 Å². The van der Waals surface area contributed by atoms with Gasteiger partial charge in [0.05, 0.1) is 13.2 Å². The first-order valence-electron chi connectivity index (χ1n) is 5.40. The number of ether oxygens (including phenoxy) is 1. The van der Waals surface area contributed by atoms with Crippen molar-refractivity contribution in [3.8, 4) is 0 Å². The number of halogens is 3. The number of morpholine rings is 1. The monoisotopic (exact) mass is 277 g/mol. The Morgan fingerprint density at radius 3 is 2.47 bits per heavy atom. The molecule has 9 heteroatoms.